The summed E-state index contributed by atoms with van der Waals surface area (Å²) in [6.45, 7) is 6.54. The van der Waals surface area contributed by atoms with Crippen LogP contribution in [-0.4, -0.2) is 18.1 Å². The third kappa shape index (κ3) is 4.72. The molecule has 0 aliphatic carbocycles. The molecule has 0 aliphatic heterocycles. The lowest BCUT2D eigenvalue weighted by molar-refractivity contribution is 0.725. The van der Waals surface area contributed by atoms with Crippen LogP contribution < -0.4 is 5.32 Å². The largest absolute Gasteiger partial charge is 0.312 e. The fraction of sp³-hybridized carbons (Fsp3) is 0.538. The molecule has 1 aromatic carbocycles. The van der Waals surface area contributed by atoms with Gasteiger partial charge < -0.3 is 5.32 Å². The van der Waals surface area contributed by atoms with E-state index >= 15 is 0 Å². The average molecular weight is 223 g/mol. The second-order valence-electron chi connectivity index (χ2n) is 3.50. The van der Waals surface area contributed by atoms with Crippen LogP contribution in [0.5, 0.6) is 0 Å². The van der Waals surface area contributed by atoms with Gasteiger partial charge in [-0.05, 0) is 23.3 Å². The number of aryl methyl sites for hydroxylation is 1. The standard InChI is InChI=1S/C13H21NS/c1-3-12-7-5-6-8-13(12)11-14-9-10-15-4-2/h5-8,14H,3-4,9-11H2,1-2H3. The van der Waals surface area contributed by atoms with Gasteiger partial charge in [-0.15, -0.1) is 0 Å². The normalized spacial score (nSPS) is 10.5. The summed E-state index contributed by atoms with van der Waals surface area (Å²) >= 11 is 1.99. The Hall–Kier alpha value is -0.470. The lowest BCUT2D eigenvalue weighted by Crippen LogP contribution is -2.17. The molecule has 0 bridgehead atoms. The van der Waals surface area contributed by atoms with Crippen LogP contribution in [0, 0.1) is 0 Å². The van der Waals surface area contributed by atoms with Gasteiger partial charge in [0, 0.05) is 18.8 Å². The molecule has 0 aliphatic rings. The monoisotopic (exact) mass is 223 g/mol. The van der Waals surface area contributed by atoms with E-state index in [1.165, 1.54) is 22.6 Å². The molecule has 84 valence electrons. The molecule has 0 radical (unpaired) electrons. The summed E-state index contributed by atoms with van der Waals surface area (Å²) in [5, 5.41) is 3.49. The predicted molar refractivity (Wildman–Crippen MR) is 70.5 cm³/mol. The molecular formula is C13H21NS. The molecule has 0 saturated heterocycles. The quantitative estimate of drug-likeness (QED) is 0.713. The zero-order chi connectivity index (χ0) is 10.9. The minimum absolute atomic E-state index is 1.01. The van der Waals surface area contributed by atoms with Gasteiger partial charge >= 0.3 is 0 Å². The molecule has 0 amide bonds. The Morgan fingerprint density at radius 1 is 1.13 bits per heavy atom. The van der Waals surface area contributed by atoms with E-state index in [4.69, 9.17) is 0 Å². The summed E-state index contributed by atoms with van der Waals surface area (Å²) < 4.78 is 0. The van der Waals surface area contributed by atoms with Gasteiger partial charge in [0.2, 0.25) is 0 Å². The van der Waals surface area contributed by atoms with Crippen molar-refractivity contribution >= 4 is 11.8 Å². The molecule has 0 atom stereocenters. The zero-order valence-corrected chi connectivity index (χ0v) is 10.6. The van der Waals surface area contributed by atoms with E-state index < -0.39 is 0 Å². The van der Waals surface area contributed by atoms with E-state index in [0.717, 1.165) is 19.5 Å². The highest BCUT2D eigenvalue weighted by atomic mass is 32.2. The van der Waals surface area contributed by atoms with E-state index in [-0.39, 0.29) is 0 Å². The van der Waals surface area contributed by atoms with E-state index in [0.29, 0.717) is 0 Å². The first-order valence-electron chi connectivity index (χ1n) is 5.73. The molecule has 0 fully saturated rings. The zero-order valence-electron chi connectivity index (χ0n) is 9.75. The first-order valence-corrected chi connectivity index (χ1v) is 6.89. The molecule has 1 nitrogen and oxygen atoms in total. The summed E-state index contributed by atoms with van der Waals surface area (Å²) in [7, 11) is 0. The maximum absolute atomic E-state index is 3.49. The second-order valence-corrected chi connectivity index (χ2v) is 4.89. The molecule has 0 aromatic heterocycles. The molecule has 1 rings (SSSR count). The summed E-state index contributed by atoms with van der Waals surface area (Å²) in [6, 6.07) is 8.68. The Bertz CT molecular complexity index is 273. The SMILES string of the molecule is CCSCCNCc1ccccc1CC. The smallest absolute Gasteiger partial charge is 0.0208 e. The Labute approximate surface area is 97.7 Å². The highest BCUT2D eigenvalue weighted by Gasteiger charge is 1.98. The Kier molecular flexibility index (Phi) is 6.53. The maximum Gasteiger partial charge on any atom is 0.0208 e. The first kappa shape index (κ1) is 12.6. The van der Waals surface area contributed by atoms with Crippen molar-refractivity contribution < 1.29 is 0 Å². The van der Waals surface area contributed by atoms with Gasteiger partial charge in [-0.1, -0.05) is 38.1 Å². The van der Waals surface area contributed by atoms with Gasteiger partial charge in [0.25, 0.3) is 0 Å². The molecule has 0 heterocycles. The van der Waals surface area contributed by atoms with Gasteiger partial charge in [0.05, 0.1) is 0 Å². The Morgan fingerprint density at radius 2 is 1.87 bits per heavy atom. The van der Waals surface area contributed by atoms with E-state index in [1.54, 1.807) is 0 Å². The molecule has 2 heteroatoms. The van der Waals surface area contributed by atoms with Crippen LogP contribution in [0.3, 0.4) is 0 Å². The van der Waals surface area contributed by atoms with Crippen molar-refractivity contribution in [1.29, 1.82) is 0 Å². The van der Waals surface area contributed by atoms with Crippen molar-refractivity contribution in [3.63, 3.8) is 0 Å². The lowest BCUT2D eigenvalue weighted by Gasteiger charge is -2.08. The first-order chi connectivity index (χ1) is 7.38. The molecule has 0 saturated carbocycles. The second kappa shape index (κ2) is 7.77. The summed E-state index contributed by atoms with van der Waals surface area (Å²) in [4.78, 5) is 0. The number of benzene rings is 1. The van der Waals surface area contributed by atoms with Crippen molar-refractivity contribution in [2.24, 2.45) is 0 Å². The summed E-state index contributed by atoms with van der Waals surface area (Å²) in [5.41, 5.74) is 2.91. The summed E-state index contributed by atoms with van der Waals surface area (Å²) in [5.74, 6) is 2.43. The molecular weight excluding hydrogens is 202 g/mol. The van der Waals surface area contributed by atoms with Gasteiger partial charge in [-0.25, -0.2) is 0 Å². The summed E-state index contributed by atoms with van der Waals surface area (Å²) in [6.07, 6.45) is 1.13. The van der Waals surface area contributed by atoms with Gasteiger partial charge in [-0.2, -0.15) is 11.8 Å². The van der Waals surface area contributed by atoms with Crippen LogP contribution in [0.1, 0.15) is 25.0 Å². The van der Waals surface area contributed by atoms with Crippen molar-refractivity contribution in [2.75, 3.05) is 18.1 Å². The molecule has 15 heavy (non-hydrogen) atoms. The third-order valence-corrected chi connectivity index (χ3v) is 3.34. The molecule has 1 N–H and O–H groups in total. The van der Waals surface area contributed by atoms with Crippen LogP contribution in [0.25, 0.3) is 0 Å². The minimum Gasteiger partial charge on any atom is -0.312 e. The van der Waals surface area contributed by atoms with Crippen molar-refractivity contribution in [2.45, 2.75) is 26.8 Å². The topological polar surface area (TPSA) is 12.0 Å². The van der Waals surface area contributed by atoms with Crippen LogP contribution in [0.2, 0.25) is 0 Å². The van der Waals surface area contributed by atoms with E-state index in [1.807, 2.05) is 11.8 Å². The van der Waals surface area contributed by atoms with E-state index in [2.05, 4.69) is 43.4 Å². The van der Waals surface area contributed by atoms with Crippen LogP contribution in [0.4, 0.5) is 0 Å². The van der Waals surface area contributed by atoms with Crippen molar-refractivity contribution in [3.05, 3.63) is 35.4 Å². The van der Waals surface area contributed by atoms with Crippen molar-refractivity contribution in [3.8, 4) is 0 Å². The fourth-order valence-electron chi connectivity index (χ4n) is 1.59. The van der Waals surface area contributed by atoms with E-state index in [9.17, 15) is 0 Å². The van der Waals surface area contributed by atoms with Gasteiger partial charge in [-0.3, -0.25) is 0 Å². The van der Waals surface area contributed by atoms with Gasteiger partial charge in [0.1, 0.15) is 0 Å². The number of hydrogen-bond donors (Lipinski definition) is 1. The van der Waals surface area contributed by atoms with Crippen LogP contribution >= 0.6 is 11.8 Å². The Morgan fingerprint density at radius 3 is 2.53 bits per heavy atom. The number of nitrogens with one attached hydrogen (secondary N) is 1. The number of thioether (sulfide) groups is 1. The van der Waals surface area contributed by atoms with Gasteiger partial charge in [0.15, 0.2) is 0 Å². The van der Waals surface area contributed by atoms with Crippen LogP contribution in [-0.2, 0) is 13.0 Å². The predicted octanol–water partition coefficient (Wildman–Crippen LogP) is 3.09. The molecule has 0 spiro atoms. The highest BCUT2D eigenvalue weighted by Crippen LogP contribution is 2.08. The van der Waals surface area contributed by atoms with Crippen molar-refractivity contribution in [1.82, 2.24) is 5.32 Å². The highest BCUT2D eigenvalue weighted by molar-refractivity contribution is 7.99. The number of hydrogen-bond acceptors (Lipinski definition) is 2. The fourth-order valence-corrected chi connectivity index (χ4v) is 2.16. The minimum atomic E-state index is 1.01. The average Bonchev–Trinajstić information content (AvgIpc) is 2.29. The third-order valence-electron chi connectivity index (χ3n) is 2.44. The van der Waals surface area contributed by atoms with Crippen LogP contribution in [0.15, 0.2) is 24.3 Å². The lowest BCUT2D eigenvalue weighted by atomic mass is 10.1. The molecule has 1 aromatic rings. The number of rotatable bonds is 7. The Balaban J connectivity index is 2.30. The molecule has 0 unspecified atom stereocenters. The maximum atomic E-state index is 3.49.